The van der Waals surface area contributed by atoms with E-state index in [0.29, 0.717) is 5.75 Å². The van der Waals surface area contributed by atoms with Crippen LogP contribution >= 0.6 is 11.8 Å². The summed E-state index contributed by atoms with van der Waals surface area (Å²) in [5, 5.41) is 16.0. The zero-order valence-electron chi connectivity index (χ0n) is 19.2. The smallest absolute Gasteiger partial charge is 0.412 e. The van der Waals surface area contributed by atoms with Gasteiger partial charge in [0.1, 0.15) is 18.5 Å². The number of nitrogens with one attached hydrogen (secondary N) is 1. The van der Waals surface area contributed by atoms with Gasteiger partial charge in [0.15, 0.2) is 5.69 Å². The van der Waals surface area contributed by atoms with Crippen LogP contribution in [0, 0.1) is 0 Å². The third-order valence-corrected chi connectivity index (χ3v) is 7.63. The van der Waals surface area contributed by atoms with Crippen LogP contribution in [0.3, 0.4) is 0 Å². The number of carbonyl (C=O) groups is 3. The Morgan fingerprint density at radius 1 is 1.11 bits per heavy atom. The Balaban J connectivity index is 1.27. The number of carboxylic acids is 1. The van der Waals surface area contributed by atoms with Gasteiger partial charge < -0.3 is 14.7 Å². The van der Waals surface area contributed by atoms with Crippen molar-refractivity contribution >= 4 is 35.5 Å². The number of anilines is 1. The van der Waals surface area contributed by atoms with Gasteiger partial charge in [0.2, 0.25) is 0 Å². The van der Waals surface area contributed by atoms with Gasteiger partial charge in [-0.05, 0) is 29.2 Å². The van der Waals surface area contributed by atoms with E-state index in [-0.39, 0.29) is 29.4 Å². The molecule has 0 spiro atoms. The van der Waals surface area contributed by atoms with Crippen LogP contribution in [0.1, 0.15) is 34.5 Å². The molecule has 1 fully saturated rings. The van der Waals surface area contributed by atoms with Crippen LogP contribution < -0.4 is 5.32 Å². The van der Waals surface area contributed by atoms with Crippen LogP contribution in [-0.2, 0) is 16.6 Å². The van der Waals surface area contributed by atoms with Gasteiger partial charge in [0.25, 0.3) is 5.91 Å². The van der Waals surface area contributed by atoms with Gasteiger partial charge in [-0.25, -0.2) is 9.59 Å². The SMILES string of the molecule is CC1SCC(C(=O)O)N1C(=O)c1cc(NC(=O)OCC2c3ccccc3-c3ccccc32)n(C)n1. The van der Waals surface area contributed by atoms with Crippen molar-refractivity contribution in [2.45, 2.75) is 24.3 Å². The zero-order valence-corrected chi connectivity index (χ0v) is 20.0. The van der Waals surface area contributed by atoms with Crippen LogP contribution in [0.2, 0.25) is 0 Å². The summed E-state index contributed by atoms with van der Waals surface area (Å²) in [4.78, 5) is 38.5. The Bertz CT molecular complexity index is 1280. The van der Waals surface area contributed by atoms with Crippen molar-refractivity contribution in [3.8, 4) is 11.1 Å². The van der Waals surface area contributed by atoms with Gasteiger partial charge in [-0.3, -0.25) is 14.8 Å². The number of fused-ring (bicyclic) bond motifs is 3. The van der Waals surface area contributed by atoms with E-state index in [1.807, 2.05) is 36.4 Å². The highest BCUT2D eigenvalue weighted by Gasteiger charge is 2.40. The molecule has 2 N–H and O–H groups in total. The van der Waals surface area contributed by atoms with Crippen molar-refractivity contribution in [1.29, 1.82) is 0 Å². The lowest BCUT2D eigenvalue weighted by atomic mass is 9.98. The van der Waals surface area contributed by atoms with Crippen LogP contribution in [0.25, 0.3) is 11.1 Å². The van der Waals surface area contributed by atoms with E-state index in [1.54, 1.807) is 14.0 Å². The lowest BCUT2D eigenvalue weighted by molar-refractivity contribution is -0.141. The maximum atomic E-state index is 13.0. The number of benzene rings is 2. The number of amides is 2. The first-order chi connectivity index (χ1) is 16.8. The molecule has 5 rings (SSSR count). The van der Waals surface area contributed by atoms with Gasteiger partial charge >= 0.3 is 12.1 Å². The molecule has 2 amide bonds. The number of aliphatic carboxylic acids is 1. The summed E-state index contributed by atoms with van der Waals surface area (Å²) in [7, 11) is 1.59. The Morgan fingerprint density at radius 3 is 2.37 bits per heavy atom. The Morgan fingerprint density at radius 2 is 1.74 bits per heavy atom. The van der Waals surface area contributed by atoms with Gasteiger partial charge in [0.05, 0.1) is 5.37 Å². The molecule has 2 heterocycles. The molecule has 2 aliphatic rings. The molecule has 1 aromatic heterocycles. The Kier molecular flexibility index (Phi) is 5.98. The van der Waals surface area contributed by atoms with Gasteiger partial charge in [0, 0.05) is 24.8 Å². The number of aromatic nitrogens is 2. The standard InChI is InChI=1S/C25H24N4O5S/c1-14-29(21(13-35-14)24(31)32)23(30)20-11-22(28(2)27-20)26-25(33)34-12-19-17-9-5-3-7-15(17)16-8-4-6-10-18(16)19/h3-11,14,19,21H,12-13H2,1-2H3,(H,26,33)(H,31,32). The maximum absolute atomic E-state index is 13.0. The Labute approximate surface area is 206 Å². The number of aryl methyl sites for hydroxylation is 1. The van der Waals surface area contributed by atoms with Crippen molar-refractivity contribution in [2.75, 3.05) is 17.7 Å². The van der Waals surface area contributed by atoms with E-state index < -0.39 is 24.0 Å². The summed E-state index contributed by atoms with van der Waals surface area (Å²) in [5.74, 6) is -1.02. The zero-order chi connectivity index (χ0) is 24.7. The van der Waals surface area contributed by atoms with Gasteiger partial charge in [-0.1, -0.05) is 48.5 Å². The summed E-state index contributed by atoms with van der Waals surface area (Å²) in [6.07, 6.45) is -0.664. The van der Waals surface area contributed by atoms with Crippen LogP contribution in [0.5, 0.6) is 0 Å². The summed E-state index contributed by atoms with van der Waals surface area (Å²) in [6, 6.07) is 16.7. The van der Waals surface area contributed by atoms with Crippen LogP contribution in [0.4, 0.5) is 10.6 Å². The average Bonchev–Trinajstić information content (AvgIpc) is 3.51. The third-order valence-electron chi connectivity index (χ3n) is 6.42. The van der Waals surface area contributed by atoms with E-state index in [2.05, 4.69) is 22.5 Å². The number of thioether (sulfide) groups is 1. The molecule has 35 heavy (non-hydrogen) atoms. The summed E-state index contributed by atoms with van der Waals surface area (Å²) >= 11 is 1.40. The first kappa shape index (κ1) is 23.0. The second kappa shape index (κ2) is 9.10. The van der Waals surface area contributed by atoms with Crippen LogP contribution in [0.15, 0.2) is 54.6 Å². The first-order valence-corrected chi connectivity index (χ1v) is 12.2. The number of rotatable bonds is 5. The highest BCUT2D eigenvalue weighted by molar-refractivity contribution is 8.00. The summed E-state index contributed by atoms with van der Waals surface area (Å²) < 4.78 is 6.93. The topological polar surface area (TPSA) is 114 Å². The number of hydrogen-bond acceptors (Lipinski definition) is 6. The fraction of sp³-hybridized carbons (Fsp3) is 0.280. The predicted molar refractivity (Wildman–Crippen MR) is 131 cm³/mol. The molecule has 2 atom stereocenters. The number of ether oxygens (including phenoxy) is 1. The minimum atomic E-state index is -1.05. The van der Waals surface area contributed by atoms with E-state index >= 15 is 0 Å². The number of nitrogens with zero attached hydrogens (tertiary/aromatic N) is 3. The van der Waals surface area contributed by atoms with Crippen molar-refractivity contribution in [1.82, 2.24) is 14.7 Å². The van der Waals surface area contributed by atoms with Crippen molar-refractivity contribution in [3.63, 3.8) is 0 Å². The second-order valence-corrected chi connectivity index (χ2v) is 9.84. The molecule has 0 saturated carbocycles. The largest absolute Gasteiger partial charge is 0.480 e. The van der Waals surface area contributed by atoms with E-state index in [9.17, 15) is 19.5 Å². The predicted octanol–water partition coefficient (Wildman–Crippen LogP) is 3.77. The molecule has 2 unspecified atom stereocenters. The quantitative estimate of drug-likeness (QED) is 0.557. The highest BCUT2D eigenvalue weighted by Crippen LogP contribution is 2.44. The Hall–Kier alpha value is -3.79. The average molecular weight is 493 g/mol. The number of hydrogen-bond donors (Lipinski definition) is 2. The molecule has 0 radical (unpaired) electrons. The normalized spacial score (nSPS) is 18.7. The second-order valence-electron chi connectivity index (χ2n) is 8.49. The minimum Gasteiger partial charge on any atom is -0.480 e. The molecule has 1 aliphatic heterocycles. The van der Waals surface area contributed by atoms with Crippen molar-refractivity contribution < 1.29 is 24.2 Å². The first-order valence-electron chi connectivity index (χ1n) is 11.2. The lowest BCUT2D eigenvalue weighted by Crippen LogP contribution is -2.44. The minimum absolute atomic E-state index is 0.0575. The van der Waals surface area contributed by atoms with E-state index in [4.69, 9.17) is 4.74 Å². The molecule has 10 heteroatoms. The molecular formula is C25H24N4O5S. The molecule has 180 valence electrons. The molecule has 1 aliphatic carbocycles. The summed E-state index contributed by atoms with van der Waals surface area (Å²) in [6.45, 7) is 1.94. The molecule has 2 aromatic carbocycles. The lowest BCUT2D eigenvalue weighted by Gasteiger charge is -2.23. The number of carboxylic acid groups (broad SMARTS) is 1. The van der Waals surface area contributed by atoms with E-state index in [0.717, 1.165) is 22.3 Å². The van der Waals surface area contributed by atoms with Gasteiger partial charge in [-0.15, -0.1) is 11.8 Å². The van der Waals surface area contributed by atoms with Crippen LogP contribution in [-0.4, -0.2) is 61.5 Å². The highest BCUT2D eigenvalue weighted by atomic mass is 32.2. The molecular weight excluding hydrogens is 468 g/mol. The molecule has 3 aromatic rings. The third kappa shape index (κ3) is 4.14. The van der Waals surface area contributed by atoms with Crippen molar-refractivity contribution in [2.24, 2.45) is 7.05 Å². The monoisotopic (exact) mass is 492 g/mol. The molecule has 0 bridgehead atoms. The fourth-order valence-corrected chi connectivity index (χ4v) is 5.87. The maximum Gasteiger partial charge on any atom is 0.412 e. The molecule has 9 nitrogen and oxygen atoms in total. The fourth-order valence-electron chi connectivity index (χ4n) is 4.70. The van der Waals surface area contributed by atoms with E-state index in [1.165, 1.54) is 27.4 Å². The number of carbonyl (C=O) groups excluding carboxylic acids is 2. The van der Waals surface area contributed by atoms with Gasteiger partial charge in [-0.2, -0.15) is 5.10 Å². The van der Waals surface area contributed by atoms with Crippen molar-refractivity contribution in [3.05, 3.63) is 71.4 Å². The molecule has 1 saturated heterocycles. The summed E-state index contributed by atoms with van der Waals surface area (Å²) in [5.41, 5.74) is 4.56.